The quantitative estimate of drug-likeness (QED) is 0.640. The van der Waals surface area contributed by atoms with Crippen LogP contribution in [-0.4, -0.2) is 56.0 Å². The van der Waals surface area contributed by atoms with E-state index in [2.05, 4.69) is 15.5 Å². The molecule has 0 spiro atoms. The predicted molar refractivity (Wildman–Crippen MR) is 79.5 cm³/mol. The number of rotatable bonds is 6. The second-order valence-electron chi connectivity index (χ2n) is 4.63. The number of thioether (sulfide) groups is 1. The summed E-state index contributed by atoms with van der Waals surface area (Å²) in [6.45, 7) is 0. The van der Waals surface area contributed by atoms with Gasteiger partial charge >= 0.3 is 0 Å². The summed E-state index contributed by atoms with van der Waals surface area (Å²) in [5.41, 5.74) is 0.782. The van der Waals surface area contributed by atoms with Crippen molar-refractivity contribution in [3.8, 4) is 11.4 Å². The lowest BCUT2D eigenvalue weighted by molar-refractivity contribution is -0.128. The van der Waals surface area contributed by atoms with Gasteiger partial charge in [0.2, 0.25) is 11.1 Å². The fourth-order valence-corrected chi connectivity index (χ4v) is 2.46. The van der Waals surface area contributed by atoms with E-state index in [1.807, 2.05) is 0 Å². The lowest BCUT2D eigenvalue weighted by Gasteiger charge is -2.09. The summed E-state index contributed by atoms with van der Waals surface area (Å²) >= 11 is 1.50. The van der Waals surface area contributed by atoms with Crippen LogP contribution in [0.15, 0.2) is 29.4 Å². The summed E-state index contributed by atoms with van der Waals surface area (Å²) in [5, 5.41) is 21.5. The summed E-state index contributed by atoms with van der Waals surface area (Å²) < 4.78 is 1.61. The molecule has 0 aliphatic heterocycles. The number of phenolic OH excluding ortho intramolecular Hbond substituents is 1. The fraction of sp³-hybridized carbons (Fsp3) is 0.385. The highest BCUT2D eigenvalue weighted by Gasteiger charge is 2.10. The molecule has 0 aliphatic carbocycles. The zero-order valence-electron chi connectivity index (χ0n) is 11.9. The molecule has 1 heterocycles. The van der Waals surface area contributed by atoms with E-state index in [4.69, 9.17) is 0 Å². The average molecular weight is 307 g/mol. The van der Waals surface area contributed by atoms with E-state index in [1.165, 1.54) is 11.8 Å². The van der Waals surface area contributed by atoms with Crippen molar-refractivity contribution in [2.45, 2.75) is 18.0 Å². The maximum absolute atomic E-state index is 11.5. The third-order valence-corrected chi connectivity index (χ3v) is 3.81. The average Bonchev–Trinajstić information content (AvgIpc) is 2.92. The highest BCUT2D eigenvalue weighted by molar-refractivity contribution is 7.99. The number of aromatic hydroxyl groups is 1. The third kappa shape index (κ3) is 4.19. The van der Waals surface area contributed by atoms with Gasteiger partial charge in [0.15, 0.2) is 0 Å². The first-order valence-electron chi connectivity index (χ1n) is 6.48. The minimum absolute atomic E-state index is 0.119. The number of hydrogen-bond acceptors (Lipinski definition) is 6. The van der Waals surface area contributed by atoms with Crippen LogP contribution in [0.25, 0.3) is 5.69 Å². The van der Waals surface area contributed by atoms with Gasteiger partial charge < -0.3 is 10.0 Å². The van der Waals surface area contributed by atoms with Crippen molar-refractivity contribution >= 4 is 17.7 Å². The van der Waals surface area contributed by atoms with Crippen molar-refractivity contribution in [2.24, 2.45) is 0 Å². The lowest BCUT2D eigenvalue weighted by Crippen LogP contribution is -2.21. The SMILES string of the molecule is CN(C)C(=O)CCCSc1nnnn1-c1ccc(O)cc1. The van der Waals surface area contributed by atoms with Crippen LogP contribution in [0.4, 0.5) is 0 Å². The smallest absolute Gasteiger partial charge is 0.222 e. The molecule has 0 unspecified atom stereocenters. The summed E-state index contributed by atoms with van der Waals surface area (Å²) in [4.78, 5) is 13.1. The minimum Gasteiger partial charge on any atom is -0.508 e. The number of amides is 1. The topological polar surface area (TPSA) is 84.1 Å². The van der Waals surface area contributed by atoms with Crippen LogP contribution in [0, 0.1) is 0 Å². The van der Waals surface area contributed by atoms with Gasteiger partial charge in [-0.1, -0.05) is 11.8 Å². The van der Waals surface area contributed by atoms with Gasteiger partial charge in [0.05, 0.1) is 5.69 Å². The Morgan fingerprint density at radius 3 is 2.71 bits per heavy atom. The number of aromatic nitrogens is 4. The maximum Gasteiger partial charge on any atom is 0.222 e. The molecule has 0 radical (unpaired) electrons. The van der Waals surface area contributed by atoms with Gasteiger partial charge in [-0.2, -0.15) is 4.68 Å². The van der Waals surface area contributed by atoms with E-state index < -0.39 is 0 Å². The molecule has 1 aromatic carbocycles. The Morgan fingerprint density at radius 1 is 1.33 bits per heavy atom. The van der Waals surface area contributed by atoms with E-state index in [1.54, 1.807) is 47.9 Å². The second kappa shape index (κ2) is 7.07. The van der Waals surface area contributed by atoms with Crippen molar-refractivity contribution in [2.75, 3.05) is 19.8 Å². The monoisotopic (exact) mass is 307 g/mol. The highest BCUT2D eigenvalue weighted by atomic mass is 32.2. The number of benzene rings is 1. The molecule has 8 heteroatoms. The predicted octanol–water partition coefficient (Wildman–Crippen LogP) is 1.33. The van der Waals surface area contributed by atoms with Crippen molar-refractivity contribution in [3.63, 3.8) is 0 Å². The van der Waals surface area contributed by atoms with Gasteiger partial charge in [-0.3, -0.25) is 4.79 Å². The molecule has 112 valence electrons. The molecule has 2 rings (SSSR count). The van der Waals surface area contributed by atoms with E-state index >= 15 is 0 Å². The Kier molecular flexibility index (Phi) is 5.15. The molecule has 0 bridgehead atoms. The third-order valence-electron chi connectivity index (χ3n) is 2.80. The number of carbonyl (C=O) groups is 1. The first kappa shape index (κ1) is 15.3. The molecule has 0 saturated carbocycles. The molecule has 1 aromatic heterocycles. The maximum atomic E-state index is 11.5. The van der Waals surface area contributed by atoms with E-state index in [-0.39, 0.29) is 11.7 Å². The Labute approximate surface area is 127 Å². The zero-order chi connectivity index (χ0) is 15.2. The normalized spacial score (nSPS) is 10.6. The van der Waals surface area contributed by atoms with Crippen molar-refractivity contribution in [1.29, 1.82) is 0 Å². The molecule has 0 saturated heterocycles. The molecule has 0 aliphatic rings. The molecule has 21 heavy (non-hydrogen) atoms. The Bertz CT molecular complexity index is 597. The van der Waals surface area contributed by atoms with Crippen molar-refractivity contribution in [1.82, 2.24) is 25.1 Å². The van der Waals surface area contributed by atoms with E-state index in [9.17, 15) is 9.90 Å². The second-order valence-corrected chi connectivity index (χ2v) is 5.69. The van der Waals surface area contributed by atoms with Gasteiger partial charge in [0, 0.05) is 26.3 Å². The van der Waals surface area contributed by atoms with E-state index in [0.29, 0.717) is 11.6 Å². The zero-order valence-corrected chi connectivity index (χ0v) is 12.7. The number of hydrogen-bond donors (Lipinski definition) is 1. The number of phenols is 1. The van der Waals surface area contributed by atoms with Gasteiger partial charge in [0.1, 0.15) is 5.75 Å². The van der Waals surface area contributed by atoms with Crippen LogP contribution in [0.5, 0.6) is 5.75 Å². The first-order valence-corrected chi connectivity index (χ1v) is 7.47. The molecule has 1 N–H and O–H groups in total. The Morgan fingerprint density at radius 2 is 2.05 bits per heavy atom. The summed E-state index contributed by atoms with van der Waals surface area (Å²) in [5.74, 6) is 1.08. The summed E-state index contributed by atoms with van der Waals surface area (Å²) in [6.07, 6.45) is 1.28. The summed E-state index contributed by atoms with van der Waals surface area (Å²) in [6, 6.07) is 6.65. The first-order chi connectivity index (χ1) is 10.1. The Hall–Kier alpha value is -2.09. The van der Waals surface area contributed by atoms with Crippen LogP contribution < -0.4 is 0 Å². The summed E-state index contributed by atoms with van der Waals surface area (Å²) in [7, 11) is 3.50. The van der Waals surface area contributed by atoms with Crippen LogP contribution in [0.3, 0.4) is 0 Å². The number of tetrazole rings is 1. The van der Waals surface area contributed by atoms with E-state index in [0.717, 1.165) is 17.9 Å². The van der Waals surface area contributed by atoms with Crippen molar-refractivity contribution < 1.29 is 9.90 Å². The van der Waals surface area contributed by atoms with Crippen LogP contribution in [0.1, 0.15) is 12.8 Å². The molecular weight excluding hydrogens is 290 g/mol. The number of carbonyl (C=O) groups excluding carboxylic acids is 1. The molecule has 0 atom stereocenters. The molecule has 7 nitrogen and oxygen atoms in total. The minimum atomic E-state index is 0.119. The van der Waals surface area contributed by atoms with Crippen LogP contribution >= 0.6 is 11.8 Å². The standard InChI is InChI=1S/C13H17N5O2S/c1-17(2)12(20)4-3-9-21-13-14-15-16-18(13)10-5-7-11(19)8-6-10/h5-8,19H,3-4,9H2,1-2H3. The Balaban J connectivity index is 1.92. The molecular formula is C13H17N5O2S. The van der Waals surface area contributed by atoms with Gasteiger partial charge in [-0.05, 0) is 41.1 Å². The molecule has 1 amide bonds. The van der Waals surface area contributed by atoms with Gasteiger partial charge in [0.25, 0.3) is 0 Å². The fourth-order valence-electron chi connectivity index (χ4n) is 1.64. The molecule has 2 aromatic rings. The van der Waals surface area contributed by atoms with Gasteiger partial charge in [-0.25, -0.2) is 0 Å². The largest absolute Gasteiger partial charge is 0.508 e. The van der Waals surface area contributed by atoms with Crippen LogP contribution in [0.2, 0.25) is 0 Å². The molecule has 0 fully saturated rings. The lowest BCUT2D eigenvalue weighted by atomic mass is 10.3. The highest BCUT2D eigenvalue weighted by Crippen LogP contribution is 2.20. The van der Waals surface area contributed by atoms with Gasteiger partial charge in [-0.15, -0.1) is 5.10 Å². The van der Waals surface area contributed by atoms with Crippen LogP contribution in [-0.2, 0) is 4.79 Å². The van der Waals surface area contributed by atoms with Crippen molar-refractivity contribution in [3.05, 3.63) is 24.3 Å². The number of nitrogens with zero attached hydrogens (tertiary/aromatic N) is 5.